The molecule has 3 aromatic heterocycles. The molecule has 1 amide bonds. The van der Waals surface area contributed by atoms with Crippen molar-refractivity contribution in [1.29, 1.82) is 0 Å². The van der Waals surface area contributed by atoms with Gasteiger partial charge in [-0.25, -0.2) is 0 Å². The quantitative estimate of drug-likeness (QED) is 0.411. The normalized spacial score (nSPS) is 17.8. The summed E-state index contributed by atoms with van der Waals surface area (Å²) in [5.41, 5.74) is 2.63. The number of ether oxygens (including phenoxy) is 1. The van der Waals surface area contributed by atoms with Gasteiger partial charge < -0.3 is 14.5 Å². The average Bonchev–Trinajstić information content (AvgIpc) is 3.62. The number of thiophene rings is 2. The van der Waals surface area contributed by atoms with Crippen molar-refractivity contribution in [2.75, 3.05) is 25.0 Å². The molecule has 3 aromatic rings. The molecule has 1 aliphatic carbocycles. The van der Waals surface area contributed by atoms with Crippen LogP contribution in [-0.4, -0.2) is 36.5 Å². The van der Waals surface area contributed by atoms with Crippen LogP contribution in [0.2, 0.25) is 0 Å². The van der Waals surface area contributed by atoms with E-state index in [1.165, 1.54) is 40.0 Å². The maximum absolute atomic E-state index is 12.9. The van der Waals surface area contributed by atoms with Crippen molar-refractivity contribution in [1.82, 2.24) is 4.90 Å². The van der Waals surface area contributed by atoms with Crippen LogP contribution in [0.25, 0.3) is 0 Å². The number of esters is 1. The smallest absolute Gasteiger partial charge is 0.309 e. The second-order valence-corrected chi connectivity index (χ2v) is 10.9. The Kier molecular flexibility index (Phi) is 7.18. The van der Waals surface area contributed by atoms with Gasteiger partial charge in [-0.1, -0.05) is 6.07 Å². The molecule has 0 radical (unpaired) electrons. The fourth-order valence-electron chi connectivity index (χ4n) is 5.15. The molecule has 4 heterocycles. The maximum atomic E-state index is 12.9. The number of anilines is 1. The van der Waals surface area contributed by atoms with E-state index in [1.54, 1.807) is 34.8 Å². The first-order valence-corrected chi connectivity index (χ1v) is 13.8. The number of rotatable bonds is 7. The highest BCUT2D eigenvalue weighted by atomic mass is 32.1. The number of nitrogens with one attached hydrogen (secondary N) is 1. The molecule has 1 saturated heterocycles. The zero-order chi connectivity index (χ0) is 23.5. The minimum absolute atomic E-state index is 0.0327. The number of amides is 1. The van der Waals surface area contributed by atoms with E-state index < -0.39 is 0 Å². The lowest BCUT2D eigenvalue weighted by Gasteiger charge is -2.37. The van der Waals surface area contributed by atoms with Gasteiger partial charge in [-0.3, -0.25) is 14.5 Å². The van der Waals surface area contributed by atoms with Crippen molar-refractivity contribution < 1.29 is 18.7 Å². The third kappa shape index (κ3) is 4.72. The predicted molar refractivity (Wildman–Crippen MR) is 135 cm³/mol. The molecule has 8 heteroatoms. The summed E-state index contributed by atoms with van der Waals surface area (Å²) in [6, 6.07) is 7.78. The lowest BCUT2D eigenvalue weighted by atomic mass is 9.89. The second-order valence-electron chi connectivity index (χ2n) is 8.87. The van der Waals surface area contributed by atoms with Gasteiger partial charge in [0.2, 0.25) is 0 Å². The fourth-order valence-corrected chi connectivity index (χ4v) is 7.33. The summed E-state index contributed by atoms with van der Waals surface area (Å²) < 4.78 is 10.6. The molecule has 1 atom stereocenters. The number of carbonyl (C=O) groups excluding carboxylic acids is 2. The second kappa shape index (κ2) is 10.5. The minimum atomic E-state index is -0.212. The molecule has 0 bridgehead atoms. The van der Waals surface area contributed by atoms with E-state index in [0.717, 1.165) is 43.8 Å². The summed E-state index contributed by atoms with van der Waals surface area (Å²) in [5.74, 6) is -0.000111. The van der Waals surface area contributed by atoms with Crippen molar-refractivity contribution >= 4 is 39.6 Å². The van der Waals surface area contributed by atoms with Gasteiger partial charge in [0.15, 0.2) is 5.76 Å². The number of hydrogen-bond donors (Lipinski definition) is 1. The Balaban J connectivity index is 1.49. The highest BCUT2D eigenvalue weighted by Crippen LogP contribution is 2.47. The number of aryl methyl sites for hydroxylation is 1. The summed E-state index contributed by atoms with van der Waals surface area (Å²) in [5, 5.41) is 6.23. The number of furan rings is 1. The van der Waals surface area contributed by atoms with Crippen LogP contribution >= 0.6 is 22.7 Å². The molecule has 0 aromatic carbocycles. The molecule has 6 nitrogen and oxygen atoms in total. The Labute approximate surface area is 207 Å². The van der Waals surface area contributed by atoms with Crippen molar-refractivity contribution in [2.24, 2.45) is 5.92 Å². The molecule has 34 heavy (non-hydrogen) atoms. The minimum Gasteiger partial charge on any atom is -0.466 e. The van der Waals surface area contributed by atoms with E-state index in [9.17, 15) is 9.59 Å². The van der Waals surface area contributed by atoms with Gasteiger partial charge in [0.05, 0.1) is 24.8 Å². The number of carbonyl (C=O) groups is 2. The molecular weight excluding hydrogens is 468 g/mol. The van der Waals surface area contributed by atoms with Crippen LogP contribution in [0.1, 0.15) is 70.1 Å². The SMILES string of the molecule is CCOC(=O)C1CCN([C@H](c2cccs2)c2c(NC(=O)c3ccco3)sc3c2CCCC3)CC1. The first-order valence-electron chi connectivity index (χ1n) is 12.1. The molecular formula is C26H30N2O4S2. The van der Waals surface area contributed by atoms with Crippen LogP contribution in [0, 0.1) is 5.92 Å². The van der Waals surface area contributed by atoms with Crippen LogP contribution in [0.15, 0.2) is 40.3 Å². The summed E-state index contributed by atoms with van der Waals surface area (Å²) in [6.07, 6.45) is 7.57. The Bertz CT molecular complexity index is 1110. The van der Waals surface area contributed by atoms with Crippen molar-refractivity contribution in [2.45, 2.75) is 51.5 Å². The van der Waals surface area contributed by atoms with Gasteiger partial charge in [-0.05, 0) is 87.7 Å². The first-order chi connectivity index (χ1) is 16.7. The van der Waals surface area contributed by atoms with Crippen molar-refractivity contribution in [3.63, 3.8) is 0 Å². The summed E-state index contributed by atoms with van der Waals surface area (Å²) in [7, 11) is 0. The van der Waals surface area contributed by atoms with Crippen LogP contribution in [0.4, 0.5) is 5.00 Å². The van der Waals surface area contributed by atoms with Crippen LogP contribution in [0.3, 0.4) is 0 Å². The van der Waals surface area contributed by atoms with E-state index in [4.69, 9.17) is 9.15 Å². The van der Waals surface area contributed by atoms with E-state index in [1.807, 2.05) is 6.92 Å². The Morgan fingerprint density at radius 1 is 1.21 bits per heavy atom. The molecule has 180 valence electrons. The standard InChI is InChI=1S/C26H30N2O4S2/c1-2-31-26(30)17-11-13-28(14-12-17)23(21-10-6-16-33-21)22-18-7-3-4-9-20(18)34-25(22)27-24(29)19-8-5-15-32-19/h5-6,8,10,15-17,23H,2-4,7,9,11-14H2,1H3,(H,27,29)/t23-/m1/s1. The molecule has 0 spiro atoms. The maximum Gasteiger partial charge on any atom is 0.309 e. The fraction of sp³-hybridized carbons (Fsp3) is 0.462. The average molecular weight is 499 g/mol. The van der Waals surface area contributed by atoms with Crippen LogP contribution in [-0.2, 0) is 22.4 Å². The van der Waals surface area contributed by atoms with Gasteiger partial charge in [-0.2, -0.15) is 0 Å². The molecule has 1 fully saturated rings. The molecule has 0 saturated carbocycles. The third-order valence-corrected chi connectivity index (χ3v) is 8.93. The van der Waals surface area contributed by atoms with Gasteiger partial charge in [0.1, 0.15) is 5.00 Å². The van der Waals surface area contributed by atoms with Crippen molar-refractivity contribution in [3.8, 4) is 0 Å². The van der Waals surface area contributed by atoms with E-state index >= 15 is 0 Å². The number of hydrogen-bond acceptors (Lipinski definition) is 7. The van der Waals surface area contributed by atoms with E-state index in [0.29, 0.717) is 12.4 Å². The van der Waals surface area contributed by atoms with Gasteiger partial charge >= 0.3 is 5.97 Å². The van der Waals surface area contributed by atoms with Gasteiger partial charge in [-0.15, -0.1) is 22.7 Å². The molecule has 1 aliphatic heterocycles. The highest BCUT2D eigenvalue weighted by molar-refractivity contribution is 7.16. The number of fused-ring (bicyclic) bond motifs is 1. The van der Waals surface area contributed by atoms with Crippen LogP contribution < -0.4 is 5.32 Å². The molecule has 1 N–H and O–H groups in total. The van der Waals surface area contributed by atoms with Crippen molar-refractivity contribution in [3.05, 3.63) is 62.6 Å². The Morgan fingerprint density at radius 2 is 2.03 bits per heavy atom. The zero-order valence-electron chi connectivity index (χ0n) is 19.4. The summed E-state index contributed by atoms with van der Waals surface area (Å²) in [4.78, 5) is 30.4. The number of piperidine rings is 1. The Morgan fingerprint density at radius 3 is 2.74 bits per heavy atom. The summed E-state index contributed by atoms with van der Waals surface area (Å²) in [6.45, 7) is 3.93. The first kappa shape index (κ1) is 23.3. The number of nitrogens with zero attached hydrogens (tertiary/aromatic N) is 1. The third-order valence-electron chi connectivity index (χ3n) is 6.78. The lowest BCUT2D eigenvalue weighted by molar-refractivity contribution is -0.149. The molecule has 2 aliphatic rings. The van der Waals surface area contributed by atoms with Crippen LogP contribution in [0.5, 0.6) is 0 Å². The van der Waals surface area contributed by atoms with E-state index in [2.05, 4.69) is 27.7 Å². The summed E-state index contributed by atoms with van der Waals surface area (Å²) >= 11 is 3.47. The topological polar surface area (TPSA) is 71.8 Å². The van der Waals surface area contributed by atoms with E-state index in [-0.39, 0.29) is 23.8 Å². The van der Waals surface area contributed by atoms with Gasteiger partial charge in [0.25, 0.3) is 5.91 Å². The Hall–Kier alpha value is -2.42. The highest BCUT2D eigenvalue weighted by Gasteiger charge is 2.36. The molecule has 0 unspecified atom stereocenters. The zero-order valence-corrected chi connectivity index (χ0v) is 21.0. The monoisotopic (exact) mass is 498 g/mol. The number of likely N-dealkylation sites (tertiary alicyclic amines) is 1. The van der Waals surface area contributed by atoms with Gasteiger partial charge in [0, 0.05) is 15.3 Å². The molecule has 5 rings (SSSR count). The predicted octanol–water partition coefficient (Wildman–Crippen LogP) is 5.90. The lowest BCUT2D eigenvalue weighted by Crippen LogP contribution is -2.40. The largest absolute Gasteiger partial charge is 0.466 e.